The van der Waals surface area contributed by atoms with Crippen molar-refractivity contribution in [1.82, 2.24) is 14.7 Å². The number of aromatic nitrogens is 2. The zero-order chi connectivity index (χ0) is 13.8. The molecule has 1 aromatic heterocycles. The van der Waals surface area contributed by atoms with Crippen molar-refractivity contribution in [2.24, 2.45) is 0 Å². The molecule has 1 aromatic rings. The van der Waals surface area contributed by atoms with Crippen LogP contribution in [0.2, 0.25) is 5.02 Å². The zero-order valence-corrected chi connectivity index (χ0v) is 12.3. The van der Waals surface area contributed by atoms with Crippen LogP contribution < -0.4 is 0 Å². The maximum absolute atomic E-state index is 12.5. The van der Waals surface area contributed by atoms with Crippen molar-refractivity contribution in [3.8, 4) is 0 Å². The molecule has 0 fully saturated rings. The number of carbonyl (C=O) groups excluding carboxylic acids is 1. The first kappa shape index (κ1) is 14.3. The van der Waals surface area contributed by atoms with E-state index in [1.54, 1.807) is 10.9 Å². The second-order valence-corrected chi connectivity index (χ2v) is 5.58. The van der Waals surface area contributed by atoms with Crippen molar-refractivity contribution in [2.45, 2.75) is 32.2 Å². The summed E-state index contributed by atoms with van der Waals surface area (Å²) in [4.78, 5) is 14.6. The summed E-state index contributed by atoms with van der Waals surface area (Å²) in [5, 5.41) is 4.67. The third-order valence-electron chi connectivity index (χ3n) is 3.35. The molecule has 1 heterocycles. The van der Waals surface area contributed by atoms with Gasteiger partial charge in [0, 0.05) is 6.54 Å². The number of ketones is 1. The minimum atomic E-state index is 0.0426. The average molecular weight is 282 g/mol. The lowest BCUT2D eigenvalue weighted by Gasteiger charge is -2.14. The predicted molar refractivity (Wildman–Crippen MR) is 76.7 cm³/mol. The molecule has 19 heavy (non-hydrogen) atoms. The Morgan fingerprint density at radius 2 is 2.26 bits per heavy atom. The van der Waals surface area contributed by atoms with Crippen molar-refractivity contribution in [3.63, 3.8) is 0 Å². The van der Waals surface area contributed by atoms with E-state index in [-0.39, 0.29) is 5.78 Å². The van der Waals surface area contributed by atoms with Crippen LogP contribution in [0.1, 0.15) is 36.2 Å². The third-order valence-corrected chi connectivity index (χ3v) is 3.63. The van der Waals surface area contributed by atoms with Gasteiger partial charge in [0.25, 0.3) is 0 Å². The molecule has 1 aliphatic rings. The highest BCUT2D eigenvalue weighted by atomic mass is 35.5. The first-order valence-electron chi connectivity index (χ1n) is 6.69. The maximum atomic E-state index is 12.5. The number of rotatable bonds is 5. The molecule has 104 valence electrons. The third kappa shape index (κ3) is 3.45. The van der Waals surface area contributed by atoms with Crippen LogP contribution >= 0.6 is 11.6 Å². The van der Waals surface area contributed by atoms with Crippen LogP contribution in [0.15, 0.2) is 17.8 Å². The van der Waals surface area contributed by atoms with E-state index < -0.39 is 0 Å². The highest BCUT2D eigenvalue weighted by Gasteiger charge is 2.21. The molecule has 0 radical (unpaired) electrons. The van der Waals surface area contributed by atoms with Crippen LogP contribution in [0.25, 0.3) is 0 Å². The minimum absolute atomic E-state index is 0.0426. The topological polar surface area (TPSA) is 38.1 Å². The van der Waals surface area contributed by atoms with Gasteiger partial charge in [0.15, 0.2) is 0 Å². The number of halogens is 1. The maximum Gasteiger partial charge on any atom is 0.208 e. The van der Waals surface area contributed by atoms with Crippen molar-refractivity contribution in [3.05, 3.63) is 28.6 Å². The summed E-state index contributed by atoms with van der Waals surface area (Å²) in [6.45, 7) is 1.51. The number of nitrogens with zero attached hydrogens (tertiary/aromatic N) is 3. The summed E-state index contributed by atoms with van der Waals surface area (Å²) >= 11 is 6.13. The van der Waals surface area contributed by atoms with Gasteiger partial charge in [0.05, 0.1) is 17.8 Å². The van der Waals surface area contributed by atoms with E-state index in [9.17, 15) is 4.79 Å². The van der Waals surface area contributed by atoms with E-state index >= 15 is 0 Å². The SMILES string of the molecule is CN(C)CCn1ncc(Cl)c1C(=O)C1=CCCCC1. The van der Waals surface area contributed by atoms with Gasteiger partial charge >= 0.3 is 0 Å². The van der Waals surface area contributed by atoms with E-state index in [0.717, 1.165) is 31.4 Å². The van der Waals surface area contributed by atoms with Crippen LogP contribution in [-0.4, -0.2) is 41.1 Å². The Labute approximate surface area is 119 Å². The summed E-state index contributed by atoms with van der Waals surface area (Å²) in [5.74, 6) is 0.0426. The van der Waals surface area contributed by atoms with E-state index in [0.29, 0.717) is 17.3 Å². The second kappa shape index (κ2) is 6.35. The quantitative estimate of drug-likeness (QED) is 0.779. The van der Waals surface area contributed by atoms with Crippen molar-refractivity contribution in [2.75, 3.05) is 20.6 Å². The Kier molecular flexibility index (Phi) is 4.77. The molecule has 0 amide bonds. The predicted octanol–water partition coefficient (Wildman–Crippen LogP) is 2.78. The number of hydrogen-bond acceptors (Lipinski definition) is 3. The van der Waals surface area contributed by atoms with Crippen molar-refractivity contribution >= 4 is 17.4 Å². The standard InChI is InChI=1S/C14H20ClN3O/c1-17(2)8-9-18-13(12(15)10-16-18)14(19)11-6-4-3-5-7-11/h6,10H,3-5,7-9H2,1-2H3. The van der Waals surface area contributed by atoms with E-state index in [1.807, 2.05) is 20.2 Å². The highest BCUT2D eigenvalue weighted by molar-refractivity contribution is 6.34. The molecule has 5 heteroatoms. The summed E-state index contributed by atoms with van der Waals surface area (Å²) in [6, 6.07) is 0. The molecule has 0 unspecified atom stereocenters. The monoisotopic (exact) mass is 281 g/mol. The van der Waals surface area contributed by atoms with E-state index in [2.05, 4.69) is 10.00 Å². The van der Waals surface area contributed by atoms with Crippen LogP contribution in [0, 0.1) is 0 Å². The molecule has 0 saturated carbocycles. The van der Waals surface area contributed by atoms with Crippen LogP contribution in [0.4, 0.5) is 0 Å². The molecule has 1 aliphatic carbocycles. The van der Waals surface area contributed by atoms with Crippen LogP contribution in [-0.2, 0) is 6.54 Å². The minimum Gasteiger partial charge on any atom is -0.308 e. The molecule has 0 aliphatic heterocycles. The molecule has 0 saturated heterocycles. The molecule has 2 rings (SSSR count). The first-order chi connectivity index (χ1) is 9.09. The van der Waals surface area contributed by atoms with Gasteiger partial charge in [-0.2, -0.15) is 5.10 Å². The summed E-state index contributed by atoms with van der Waals surface area (Å²) in [6.07, 6.45) is 7.71. The molecule has 0 N–H and O–H groups in total. The molecule has 0 aromatic carbocycles. The lowest BCUT2D eigenvalue weighted by atomic mass is 9.95. The number of Topliss-reactive ketones (excluding diaryl/α,β-unsaturated/α-hetero) is 1. The second-order valence-electron chi connectivity index (χ2n) is 5.17. The fourth-order valence-corrected chi connectivity index (χ4v) is 2.48. The fraction of sp³-hybridized carbons (Fsp3) is 0.571. The number of allylic oxidation sites excluding steroid dienone is 2. The lowest BCUT2D eigenvalue weighted by Crippen LogP contribution is -2.22. The summed E-state index contributed by atoms with van der Waals surface area (Å²) < 4.78 is 1.72. The lowest BCUT2D eigenvalue weighted by molar-refractivity contribution is 0.101. The molecule has 4 nitrogen and oxygen atoms in total. The number of likely N-dealkylation sites (N-methyl/N-ethyl adjacent to an activating group) is 1. The molecular formula is C14H20ClN3O. The first-order valence-corrected chi connectivity index (χ1v) is 7.07. The molecule has 0 atom stereocenters. The van der Waals surface area contributed by atoms with Gasteiger partial charge in [0.1, 0.15) is 5.69 Å². The fourth-order valence-electron chi connectivity index (χ4n) is 2.25. The number of carbonyl (C=O) groups is 1. The zero-order valence-electron chi connectivity index (χ0n) is 11.5. The Morgan fingerprint density at radius 3 is 2.89 bits per heavy atom. The smallest absolute Gasteiger partial charge is 0.208 e. The summed E-state index contributed by atoms with van der Waals surface area (Å²) in [7, 11) is 3.99. The molecule has 0 spiro atoms. The van der Waals surface area contributed by atoms with Gasteiger partial charge in [-0.25, -0.2) is 0 Å². The Bertz CT molecular complexity index is 491. The molecular weight excluding hydrogens is 262 g/mol. The van der Waals surface area contributed by atoms with Gasteiger partial charge in [-0.15, -0.1) is 0 Å². The van der Waals surface area contributed by atoms with Crippen LogP contribution in [0.3, 0.4) is 0 Å². The normalized spacial score (nSPS) is 15.7. The highest BCUT2D eigenvalue weighted by Crippen LogP contribution is 2.25. The average Bonchev–Trinajstić information content (AvgIpc) is 2.78. The van der Waals surface area contributed by atoms with Crippen molar-refractivity contribution < 1.29 is 4.79 Å². The summed E-state index contributed by atoms with van der Waals surface area (Å²) in [5.41, 5.74) is 1.43. The number of hydrogen-bond donors (Lipinski definition) is 0. The van der Waals surface area contributed by atoms with Gasteiger partial charge in [-0.3, -0.25) is 9.48 Å². The largest absolute Gasteiger partial charge is 0.308 e. The van der Waals surface area contributed by atoms with Gasteiger partial charge < -0.3 is 4.90 Å². The Balaban J connectivity index is 2.20. The van der Waals surface area contributed by atoms with Gasteiger partial charge in [-0.1, -0.05) is 17.7 Å². The van der Waals surface area contributed by atoms with E-state index in [1.165, 1.54) is 6.42 Å². The van der Waals surface area contributed by atoms with Gasteiger partial charge in [-0.05, 0) is 45.4 Å². The van der Waals surface area contributed by atoms with Crippen molar-refractivity contribution in [1.29, 1.82) is 0 Å². The molecule has 0 bridgehead atoms. The Morgan fingerprint density at radius 1 is 1.47 bits per heavy atom. The van der Waals surface area contributed by atoms with Crippen LogP contribution in [0.5, 0.6) is 0 Å². The Hall–Kier alpha value is -1.13. The van der Waals surface area contributed by atoms with E-state index in [4.69, 9.17) is 11.6 Å². The van der Waals surface area contributed by atoms with Gasteiger partial charge in [0.2, 0.25) is 5.78 Å².